The van der Waals surface area contributed by atoms with Crippen molar-refractivity contribution in [1.82, 2.24) is 0 Å². The van der Waals surface area contributed by atoms with E-state index in [1.807, 2.05) is 0 Å². The van der Waals surface area contributed by atoms with Crippen LogP contribution in [-0.4, -0.2) is 21.1 Å². The fraction of sp³-hybridized carbons (Fsp3) is 1.00. The SMILES string of the molecule is CCCCCCCCCCCC[SiH](C)C1CCCCO1. The van der Waals surface area contributed by atoms with E-state index in [0.717, 1.165) is 6.61 Å². The maximum Gasteiger partial charge on any atom is 0.0686 e. The van der Waals surface area contributed by atoms with E-state index in [4.69, 9.17) is 4.74 Å². The average Bonchev–Trinajstić information content (AvgIpc) is 2.50. The first-order valence-electron chi connectivity index (χ1n) is 9.46. The van der Waals surface area contributed by atoms with Crippen molar-refractivity contribution < 1.29 is 4.74 Å². The predicted octanol–water partition coefficient (Wildman–Crippen LogP) is 5.87. The molecule has 2 heteroatoms. The molecule has 0 radical (unpaired) electrons. The van der Waals surface area contributed by atoms with Crippen LogP contribution in [0.25, 0.3) is 0 Å². The molecule has 1 nitrogen and oxygen atoms in total. The van der Waals surface area contributed by atoms with Gasteiger partial charge in [0.05, 0.1) is 8.80 Å². The summed E-state index contributed by atoms with van der Waals surface area (Å²) < 4.78 is 5.94. The third-order valence-electron chi connectivity index (χ3n) is 4.86. The van der Waals surface area contributed by atoms with E-state index in [2.05, 4.69) is 13.5 Å². The summed E-state index contributed by atoms with van der Waals surface area (Å²) in [6.45, 7) is 5.87. The largest absolute Gasteiger partial charge is 0.382 e. The fourth-order valence-electron chi connectivity index (χ4n) is 3.35. The predicted molar refractivity (Wildman–Crippen MR) is 93.3 cm³/mol. The van der Waals surface area contributed by atoms with E-state index in [-0.39, 0.29) is 0 Å². The molecule has 0 aromatic heterocycles. The first-order valence-corrected chi connectivity index (χ1v) is 12.1. The topological polar surface area (TPSA) is 9.23 Å². The Bertz CT molecular complexity index is 202. The van der Waals surface area contributed by atoms with Crippen LogP contribution in [0, 0.1) is 0 Å². The summed E-state index contributed by atoms with van der Waals surface area (Å²) in [7, 11) is -0.584. The Morgan fingerprint density at radius 1 is 0.850 bits per heavy atom. The van der Waals surface area contributed by atoms with Crippen molar-refractivity contribution in [2.24, 2.45) is 0 Å². The summed E-state index contributed by atoms with van der Waals surface area (Å²) in [5, 5.41) is 0. The quantitative estimate of drug-likeness (QED) is 0.323. The van der Waals surface area contributed by atoms with Gasteiger partial charge >= 0.3 is 0 Å². The minimum atomic E-state index is -0.584. The second-order valence-corrected chi connectivity index (χ2v) is 10.1. The van der Waals surface area contributed by atoms with Crippen molar-refractivity contribution in [3.63, 3.8) is 0 Å². The molecule has 1 fully saturated rings. The van der Waals surface area contributed by atoms with Crippen LogP contribution in [0.4, 0.5) is 0 Å². The lowest BCUT2D eigenvalue weighted by atomic mass is 10.1. The van der Waals surface area contributed by atoms with Gasteiger partial charge in [0, 0.05) is 12.3 Å². The van der Waals surface area contributed by atoms with Crippen LogP contribution < -0.4 is 0 Å². The Morgan fingerprint density at radius 2 is 1.45 bits per heavy atom. The van der Waals surface area contributed by atoms with Gasteiger partial charge in [-0.05, 0) is 19.3 Å². The zero-order valence-electron chi connectivity index (χ0n) is 14.2. The number of ether oxygens (including phenoxy) is 1. The van der Waals surface area contributed by atoms with Crippen molar-refractivity contribution in [3.8, 4) is 0 Å². The molecule has 0 amide bonds. The molecule has 1 rings (SSSR count). The van der Waals surface area contributed by atoms with Crippen molar-refractivity contribution in [2.45, 2.75) is 109 Å². The van der Waals surface area contributed by atoms with E-state index in [9.17, 15) is 0 Å². The van der Waals surface area contributed by atoms with Crippen molar-refractivity contribution >= 4 is 8.80 Å². The van der Waals surface area contributed by atoms with Gasteiger partial charge in [-0.1, -0.05) is 83.7 Å². The van der Waals surface area contributed by atoms with Gasteiger partial charge in [0.2, 0.25) is 0 Å². The van der Waals surface area contributed by atoms with Gasteiger partial charge < -0.3 is 4.74 Å². The van der Waals surface area contributed by atoms with Gasteiger partial charge in [0.25, 0.3) is 0 Å². The van der Waals surface area contributed by atoms with Crippen LogP contribution >= 0.6 is 0 Å². The molecule has 0 aromatic carbocycles. The number of hydrogen-bond acceptors (Lipinski definition) is 1. The number of hydrogen-bond donors (Lipinski definition) is 0. The van der Waals surface area contributed by atoms with Gasteiger partial charge in [0.1, 0.15) is 0 Å². The fourth-order valence-corrected chi connectivity index (χ4v) is 5.93. The van der Waals surface area contributed by atoms with E-state index in [1.165, 1.54) is 89.5 Å². The molecule has 1 aliphatic rings. The summed E-state index contributed by atoms with van der Waals surface area (Å²) in [6, 6.07) is 1.52. The Labute approximate surface area is 129 Å². The molecular weight excluding hydrogens is 260 g/mol. The van der Waals surface area contributed by atoms with Crippen LogP contribution in [0.1, 0.15) is 90.4 Å². The third-order valence-corrected chi connectivity index (χ3v) is 7.98. The molecule has 2 atom stereocenters. The number of rotatable bonds is 12. The molecule has 0 N–H and O–H groups in total. The maximum absolute atomic E-state index is 5.94. The summed E-state index contributed by atoms with van der Waals surface area (Å²) in [5.74, 6) is 0. The molecule has 120 valence electrons. The first-order chi connectivity index (χ1) is 9.84. The van der Waals surface area contributed by atoms with Gasteiger partial charge in [-0.15, -0.1) is 0 Å². The van der Waals surface area contributed by atoms with Gasteiger partial charge in [-0.3, -0.25) is 0 Å². The minimum absolute atomic E-state index is 0.584. The summed E-state index contributed by atoms with van der Waals surface area (Å²) in [6.07, 6.45) is 18.7. The van der Waals surface area contributed by atoms with Crippen LogP contribution in [-0.2, 0) is 4.74 Å². The molecule has 0 spiro atoms. The molecule has 2 unspecified atom stereocenters. The van der Waals surface area contributed by atoms with Crippen molar-refractivity contribution in [1.29, 1.82) is 0 Å². The number of unbranched alkanes of at least 4 members (excludes halogenated alkanes) is 9. The molecule has 1 saturated heterocycles. The highest BCUT2D eigenvalue weighted by Gasteiger charge is 2.21. The van der Waals surface area contributed by atoms with Crippen molar-refractivity contribution in [3.05, 3.63) is 0 Å². The van der Waals surface area contributed by atoms with Gasteiger partial charge in [-0.2, -0.15) is 0 Å². The second kappa shape index (κ2) is 12.9. The van der Waals surface area contributed by atoms with Gasteiger partial charge in [-0.25, -0.2) is 0 Å². The summed E-state index contributed by atoms with van der Waals surface area (Å²) in [4.78, 5) is 0. The minimum Gasteiger partial charge on any atom is -0.382 e. The molecule has 0 aliphatic carbocycles. The lowest BCUT2D eigenvalue weighted by molar-refractivity contribution is 0.0625. The highest BCUT2D eigenvalue weighted by atomic mass is 28.3. The molecule has 20 heavy (non-hydrogen) atoms. The van der Waals surface area contributed by atoms with E-state index in [1.54, 1.807) is 0 Å². The normalized spacial score (nSPS) is 21.0. The van der Waals surface area contributed by atoms with Gasteiger partial charge in [0.15, 0.2) is 0 Å². The Morgan fingerprint density at radius 3 is 2.00 bits per heavy atom. The summed E-state index contributed by atoms with van der Waals surface area (Å²) >= 11 is 0. The molecule has 0 saturated carbocycles. The monoisotopic (exact) mass is 298 g/mol. The first kappa shape index (κ1) is 18.2. The lowest BCUT2D eigenvalue weighted by Gasteiger charge is -2.27. The smallest absolute Gasteiger partial charge is 0.0686 e. The van der Waals surface area contributed by atoms with Crippen molar-refractivity contribution in [2.75, 3.05) is 6.61 Å². The van der Waals surface area contributed by atoms with Crippen LogP contribution in [0.5, 0.6) is 0 Å². The lowest BCUT2D eigenvalue weighted by Crippen LogP contribution is -2.33. The van der Waals surface area contributed by atoms with E-state index >= 15 is 0 Å². The zero-order valence-corrected chi connectivity index (χ0v) is 15.3. The van der Waals surface area contributed by atoms with Crippen LogP contribution in [0.3, 0.4) is 0 Å². The van der Waals surface area contributed by atoms with E-state index < -0.39 is 8.80 Å². The third kappa shape index (κ3) is 9.18. The Hall–Kier alpha value is 0.177. The molecule has 0 bridgehead atoms. The van der Waals surface area contributed by atoms with Crippen LogP contribution in [0.2, 0.25) is 12.6 Å². The summed E-state index contributed by atoms with van der Waals surface area (Å²) in [5.41, 5.74) is 0.710. The maximum atomic E-state index is 5.94. The zero-order chi connectivity index (χ0) is 14.5. The Balaban J connectivity index is 1.82. The molecule has 0 aromatic rings. The highest BCUT2D eigenvalue weighted by molar-refractivity contribution is 6.58. The molecule has 1 aliphatic heterocycles. The highest BCUT2D eigenvalue weighted by Crippen LogP contribution is 2.19. The Kier molecular flexibility index (Phi) is 11.7. The molecule has 1 heterocycles. The van der Waals surface area contributed by atoms with Crippen LogP contribution in [0.15, 0.2) is 0 Å². The average molecular weight is 299 g/mol. The second-order valence-electron chi connectivity index (χ2n) is 6.85. The standard InChI is InChI=1S/C18H38OSi/c1-3-4-5-6-7-8-9-10-11-14-17-20(2)18-15-12-13-16-19-18/h18,20H,3-17H2,1-2H3. The molecular formula is C18H38OSi. The van der Waals surface area contributed by atoms with E-state index in [0.29, 0.717) is 5.73 Å².